The van der Waals surface area contributed by atoms with Crippen molar-refractivity contribution < 1.29 is 23.9 Å². The molecule has 4 heterocycles. The normalized spacial score (nSPS) is 20.1. The van der Waals surface area contributed by atoms with Crippen molar-refractivity contribution in [3.8, 4) is 11.5 Å². The lowest BCUT2D eigenvalue weighted by atomic mass is 10.1. The molecule has 2 aromatic rings. The summed E-state index contributed by atoms with van der Waals surface area (Å²) in [6, 6.07) is 9.89. The maximum absolute atomic E-state index is 12.8. The standard InChI is InChI=1S/C24H27N5O5/c30-22(28-11-9-27(10-12-28)8-6-18-3-1-2-7-25-18)14-19-23(31)29(24(32)26-19)15-17-4-5-20-21(13-17)34-16-33-20/h1-5,7,13,19H,6,8-12,14-16H2,(H,26,32). The third kappa shape index (κ3) is 4.81. The number of hydrogen-bond donors (Lipinski definition) is 1. The summed E-state index contributed by atoms with van der Waals surface area (Å²) in [7, 11) is 0. The summed E-state index contributed by atoms with van der Waals surface area (Å²) < 4.78 is 10.7. The molecule has 1 unspecified atom stereocenters. The second-order valence-electron chi connectivity index (χ2n) is 8.61. The minimum absolute atomic E-state index is 0.0316. The molecule has 178 valence electrons. The van der Waals surface area contributed by atoms with Crippen LogP contribution in [0, 0.1) is 0 Å². The summed E-state index contributed by atoms with van der Waals surface area (Å²) in [4.78, 5) is 47.7. The van der Waals surface area contributed by atoms with Crippen LogP contribution in [-0.2, 0) is 22.6 Å². The SMILES string of the molecule is O=C(CC1NC(=O)N(Cc2ccc3c(c2)OCO3)C1=O)N1CCN(CCc2ccccn2)CC1. The molecule has 0 radical (unpaired) electrons. The Hall–Kier alpha value is -3.66. The van der Waals surface area contributed by atoms with Crippen molar-refractivity contribution in [1.29, 1.82) is 0 Å². The van der Waals surface area contributed by atoms with Gasteiger partial charge in [-0.3, -0.25) is 24.4 Å². The van der Waals surface area contributed by atoms with Crippen LogP contribution in [-0.4, -0.2) is 83.1 Å². The fraction of sp³-hybridized carbons (Fsp3) is 0.417. The molecule has 0 spiro atoms. The predicted molar refractivity (Wildman–Crippen MR) is 121 cm³/mol. The summed E-state index contributed by atoms with van der Waals surface area (Å²) in [5.74, 6) is 0.731. The second-order valence-corrected chi connectivity index (χ2v) is 8.61. The van der Waals surface area contributed by atoms with Gasteiger partial charge in [-0.1, -0.05) is 12.1 Å². The third-order valence-electron chi connectivity index (χ3n) is 6.40. The minimum atomic E-state index is -0.837. The first kappa shape index (κ1) is 22.1. The van der Waals surface area contributed by atoms with E-state index in [1.807, 2.05) is 18.2 Å². The Balaban J connectivity index is 1.10. The van der Waals surface area contributed by atoms with E-state index >= 15 is 0 Å². The zero-order chi connectivity index (χ0) is 23.5. The molecule has 10 nitrogen and oxygen atoms in total. The number of benzene rings is 1. The van der Waals surface area contributed by atoms with Crippen LogP contribution in [0.4, 0.5) is 4.79 Å². The van der Waals surface area contributed by atoms with Crippen molar-refractivity contribution in [3.05, 3.63) is 53.9 Å². The maximum Gasteiger partial charge on any atom is 0.325 e. The van der Waals surface area contributed by atoms with Crippen molar-refractivity contribution in [2.75, 3.05) is 39.5 Å². The van der Waals surface area contributed by atoms with Crippen LogP contribution in [0.3, 0.4) is 0 Å². The van der Waals surface area contributed by atoms with Gasteiger partial charge < -0.3 is 19.7 Å². The van der Waals surface area contributed by atoms with Crippen LogP contribution in [0.1, 0.15) is 17.7 Å². The Bertz CT molecular complexity index is 1070. The Morgan fingerprint density at radius 1 is 1.06 bits per heavy atom. The van der Waals surface area contributed by atoms with Gasteiger partial charge in [0.2, 0.25) is 12.7 Å². The van der Waals surface area contributed by atoms with E-state index < -0.39 is 12.1 Å². The maximum atomic E-state index is 12.8. The van der Waals surface area contributed by atoms with Crippen LogP contribution < -0.4 is 14.8 Å². The summed E-state index contributed by atoms with van der Waals surface area (Å²) >= 11 is 0. The van der Waals surface area contributed by atoms with Crippen molar-refractivity contribution in [2.45, 2.75) is 25.4 Å². The molecule has 4 amide bonds. The Kier molecular flexibility index (Phi) is 6.31. The second kappa shape index (κ2) is 9.68. The summed E-state index contributed by atoms with van der Waals surface area (Å²) in [6.07, 6.45) is 2.64. The zero-order valence-electron chi connectivity index (χ0n) is 18.8. The number of carbonyl (C=O) groups excluding carboxylic acids is 3. The number of rotatable bonds is 7. The van der Waals surface area contributed by atoms with Gasteiger partial charge in [0.1, 0.15) is 6.04 Å². The lowest BCUT2D eigenvalue weighted by Crippen LogP contribution is -2.50. The number of urea groups is 1. The number of fused-ring (bicyclic) bond motifs is 1. The molecule has 5 rings (SSSR count). The Labute approximate surface area is 197 Å². The number of pyridine rings is 1. The van der Waals surface area contributed by atoms with Crippen LogP contribution in [0.25, 0.3) is 0 Å². The van der Waals surface area contributed by atoms with E-state index in [1.54, 1.807) is 29.3 Å². The number of carbonyl (C=O) groups is 3. The molecule has 1 N–H and O–H groups in total. The number of imide groups is 1. The van der Waals surface area contributed by atoms with E-state index in [1.165, 1.54) is 0 Å². The summed E-state index contributed by atoms with van der Waals surface area (Å²) in [6.45, 7) is 3.93. The lowest BCUT2D eigenvalue weighted by molar-refractivity contribution is -0.137. The van der Waals surface area contributed by atoms with E-state index in [0.29, 0.717) is 24.6 Å². The zero-order valence-corrected chi connectivity index (χ0v) is 18.8. The van der Waals surface area contributed by atoms with Crippen LogP contribution >= 0.6 is 0 Å². The number of aromatic nitrogens is 1. The molecule has 1 atom stereocenters. The molecule has 2 fully saturated rings. The first-order valence-electron chi connectivity index (χ1n) is 11.5. The number of ether oxygens (including phenoxy) is 2. The topological polar surface area (TPSA) is 104 Å². The van der Waals surface area contributed by atoms with Crippen LogP contribution in [0.5, 0.6) is 11.5 Å². The van der Waals surface area contributed by atoms with Crippen LogP contribution in [0.15, 0.2) is 42.6 Å². The van der Waals surface area contributed by atoms with Gasteiger partial charge in [-0.05, 0) is 29.8 Å². The number of nitrogens with one attached hydrogen (secondary N) is 1. The summed E-state index contributed by atoms with van der Waals surface area (Å²) in [5.41, 5.74) is 1.81. The van der Waals surface area contributed by atoms with Gasteiger partial charge in [0, 0.05) is 51.0 Å². The fourth-order valence-electron chi connectivity index (χ4n) is 4.43. The molecule has 0 saturated carbocycles. The summed E-state index contributed by atoms with van der Waals surface area (Å²) in [5, 5.41) is 2.66. The van der Waals surface area contributed by atoms with Crippen molar-refractivity contribution in [2.24, 2.45) is 0 Å². The predicted octanol–water partition coefficient (Wildman–Crippen LogP) is 1.01. The third-order valence-corrected chi connectivity index (χ3v) is 6.40. The van der Waals surface area contributed by atoms with Gasteiger partial charge in [-0.15, -0.1) is 0 Å². The lowest BCUT2D eigenvalue weighted by Gasteiger charge is -2.35. The highest BCUT2D eigenvalue weighted by Crippen LogP contribution is 2.33. The van der Waals surface area contributed by atoms with E-state index in [0.717, 1.165) is 42.2 Å². The van der Waals surface area contributed by atoms with E-state index in [2.05, 4.69) is 15.2 Å². The van der Waals surface area contributed by atoms with Crippen molar-refractivity contribution >= 4 is 17.8 Å². The molecule has 2 saturated heterocycles. The van der Waals surface area contributed by atoms with Gasteiger partial charge in [0.05, 0.1) is 13.0 Å². The highest BCUT2D eigenvalue weighted by atomic mass is 16.7. The molecule has 3 aliphatic rings. The highest BCUT2D eigenvalue weighted by molar-refractivity contribution is 6.05. The van der Waals surface area contributed by atoms with Crippen LogP contribution in [0.2, 0.25) is 0 Å². The molecule has 1 aromatic heterocycles. The average molecular weight is 466 g/mol. The Morgan fingerprint density at radius 3 is 2.68 bits per heavy atom. The molecule has 34 heavy (non-hydrogen) atoms. The largest absolute Gasteiger partial charge is 0.454 e. The molecule has 1 aromatic carbocycles. The highest BCUT2D eigenvalue weighted by Gasteiger charge is 2.40. The smallest absolute Gasteiger partial charge is 0.325 e. The first-order chi connectivity index (χ1) is 16.6. The average Bonchev–Trinajstić information content (AvgIpc) is 3.43. The van der Waals surface area contributed by atoms with E-state index in [4.69, 9.17) is 9.47 Å². The monoisotopic (exact) mass is 465 g/mol. The van der Waals surface area contributed by atoms with Gasteiger partial charge in [0.15, 0.2) is 11.5 Å². The number of piperazine rings is 1. The fourth-order valence-corrected chi connectivity index (χ4v) is 4.43. The van der Waals surface area contributed by atoms with Gasteiger partial charge in [0.25, 0.3) is 5.91 Å². The number of amides is 4. The van der Waals surface area contributed by atoms with E-state index in [9.17, 15) is 14.4 Å². The Morgan fingerprint density at radius 2 is 1.88 bits per heavy atom. The minimum Gasteiger partial charge on any atom is -0.454 e. The molecule has 3 aliphatic heterocycles. The first-order valence-corrected chi connectivity index (χ1v) is 11.5. The quantitative estimate of drug-likeness (QED) is 0.609. The van der Waals surface area contributed by atoms with Gasteiger partial charge in [-0.25, -0.2) is 4.79 Å². The molecular weight excluding hydrogens is 438 g/mol. The molecule has 0 aliphatic carbocycles. The molecule has 0 bridgehead atoms. The van der Waals surface area contributed by atoms with Gasteiger partial charge in [-0.2, -0.15) is 0 Å². The number of nitrogens with zero attached hydrogens (tertiary/aromatic N) is 4. The molecular formula is C24H27N5O5. The van der Waals surface area contributed by atoms with Crippen molar-refractivity contribution in [1.82, 2.24) is 25.0 Å². The van der Waals surface area contributed by atoms with Gasteiger partial charge >= 0.3 is 6.03 Å². The molecule has 10 heteroatoms. The number of hydrogen-bond acceptors (Lipinski definition) is 7. The van der Waals surface area contributed by atoms with Crippen molar-refractivity contribution in [3.63, 3.8) is 0 Å². The van der Waals surface area contributed by atoms with E-state index in [-0.39, 0.29) is 31.6 Å².